The Hall–Kier alpha value is -3.15. The van der Waals surface area contributed by atoms with Crippen LogP contribution in [-0.4, -0.2) is 70.4 Å². The van der Waals surface area contributed by atoms with Gasteiger partial charge in [-0.3, -0.25) is 0 Å². The molecular weight excluding hydrogens is 448 g/mol. The molecule has 0 unspecified atom stereocenters. The second kappa shape index (κ2) is 17.4. The van der Waals surface area contributed by atoms with Gasteiger partial charge in [0.2, 0.25) is 0 Å². The van der Waals surface area contributed by atoms with E-state index in [1.54, 1.807) is 0 Å². The number of thioether (sulfide) groups is 1. The van der Waals surface area contributed by atoms with Crippen molar-refractivity contribution in [2.75, 3.05) is 60.7 Å². The van der Waals surface area contributed by atoms with Crippen molar-refractivity contribution in [3.05, 3.63) is 48.5 Å². The largest absolute Gasteiger partial charge is 0.473 e. The van der Waals surface area contributed by atoms with E-state index < -0.39 is 10.6 Å². The lowest BCUT2D eigenvalue weighted by Gasteiger charge is -2.21. The first-order valence-corrected chi connectivity index (χ1v) is 11.1. The highest BCUT2D eigenvalue weighted by Gasteiger charge is 2.03. The third-order valence-corrected chi connectivity index (χ3v) is 4.54. The van der Waals surface area contributed by atoms with Crippen molar-refractivity contribution in [1.29, 1.82) is 0 Å². The molecule has 0 spiro atoms. The molecular formula is C22H34N4O6S. The van der Waals surface area contributed by atoms with Gasteiger partial charge in [0, 0.05) is 48.9 Å². The molecule has 0 aliphatic heterocycles. The SMILES string of the molecule is CCN(CCO)c1ccc(N)cc1.CCN(CCO)c1ccc(N)cc1.O=C(O)SC(=O)O. The third-order valence-electron chi connectivity index (χ3n) is 4.19. The number of benzene rings is 2. The van der Waals surface area contributed by atoms with Gasteiger partial charge in [-0.2, -0.15) is 0 Å². The predicted molar refractivity (Wildman–Crippen MR) is 135 cm³/mol. The van der Waals surface area contributed by atoms with Crippen LogP contribution in [0.4, 0.5) is 32.3 Å². The summed E-state index contributed by atoms with van der Waals surface area (Å²) in [6.07, 6.45) is 0. The average Bonchev–Trinajstić information content (AvgIpc) is 2.77. The molecule has 0 aliphatic carbocycles. The number of nitrogen functional groups attached to an aromatic ring is 2. The summed E-state index contributed by atoms with van der Waals surface area (Å²) in [5.41, 5.74) is 14.9. The molecule has 0 bridgehead atoms. The Morgan fingerprint density at radius 3 is 1.21 bits per heavy atom. The molecule has 2 aromatic rings. The Morgan fingerprint density at radius 1 is 0.727 bits per heavy atom. The van der Waals surface area contributed by atoms with Crippen LogP contribution >= 0.6 is 11.8 Å². The van der Waals surface area contributed by atoms with Crippen molar-refractivity contribution in [2.24, 2.45) is 0 Å². The van der Waals surface area contributed by atoms with Crippen molar-refractivity contribution >= 4 is 45.1 Å². The van der Waals surface area contributed by atoms with Crippen LogP contribution in [0.15, 0.2) is 48.5 Å². The fourth-order valence-electron chi connectivity index (χ4n) is 2.63. The second-order valence-electron chi connectivity index (χ2n) is 6.42. The van der Waals surface area contributed by atoms with Gasteiger partial charge in [-0.1, -0.05) is 0 Å². The fourth-order valence-corrected chi connectivity index (χ4v) is 2.78. The zero-order valence-corrected chi connectivity index (χ0v) is 19.7. The summed E-state index contributed by atoms with van der Waals surface area (Å²) in [5.74, 6) is 0. The summed E-state index contributed by atoms with van der Waals surface area (Å²) in [7, 11) is 0. The number of anilines is 4. The number of nitrogens with two attached hydrogens (primary N) is 2. The van der Waals surface area contributed by atoms with E-state index in [-0.39, 0.29) is 25.0 Å². The minimum Gasteiger partial charge on any atom is -0.473 e. The zero-order chi connectivity index (χ0) is 25.2. The van der Waals surface area contributed by atoms with E-state index in [0.717, 1.165) is 35.8 Å². The van der Waals surface area contributed by atoms with E-state index >= 15 is 0 Å². The molecule has 184 valence electrons. The second-order valence-corrected chi connectivity index (χ2v) is 7.33. The molecule has 10 nitrogen and oxygen atoms in total. The first-order chi connectivity index (χ1) is 15.7. The maximum atomic E-state index is 9.39. The van der Waals surface area contributed by atoms with Crippen molar-refractivity contribution in [3.63, 3.8) is 0 Å². The van der Waals surface area contributed by atoms with Crippen LogP contribution in [0, 0.1) is 0 Å². The Balaban J connectivity index is 0.000000490. The van der Waals surface area contributed by atoms with Gasteiger partial charge in [0.1, 0.15) is 0 Å². The number of carboxylic acid groups (broad SMARTS) is 2. The van der Waals surface area contributed by atoms with Crippen LogP contribution in [0.5, 0.6) is 0 Å². The lowest BCUT2D eigenvalue weighted by molar-refractivity contribution is 0.217. The maximum Gasteiger partial charge on any atom is 0.376 e. The van der Waals surface area contributed by atoms with E-state index in [1.807, 2.05) is 48.5 Å². The molecule has 0 amide bonds. The molecule has 0 heterocycles. The van der Waals surface area contributed by atoms with Crippen LogP contribution in [-0.2, 0) is 0 Å². The van der Waals surface area contributed by atoms with E-state index in [4.69, 9.17) is 31.9 Å². The van der Waals surface area contributed by atoms with Gasteiger partial charge in [0.25, 0.3) is 0 Å². The lowest BCUT2D eigenvalue weighted by Crippen LogP contribution is -2.25. The predicted octanol–water partition coefficient (Wildman–Crippen LogP) is 3.25. The number of aliphatic hydroxyl groups is 2. The van der Waals surface area contributed by atoms with E-state index in [0.29, 0.717) is 13.1 Å². The highest BCUT2D eigenvalue weighted by Crippen LogP contribution is 2.16. The number of carbonyl (C=O) groups is 2. The molecule has 11 heteroatoms. The Bertz CT molecular complexity index is 738. The van der Waals surface area contributed by atoms with E-state index in [9.17, 15) is 9.59 Å². The Kier molecular flexibility index (Phi) is 15.7. The third kappa shape index (κ3) is 13.8. The number of aliphatic hydroxyl groups excluding tert-OH is 2. The van der Waals surface area contributed by atoms with Gasteiger partial charge in [-0.25, -0.2) is 9.59 Å². The number of rotatable bonds is 8. The van der Waals surface area contributed by atoms with Crippen LogP contribution in [0.1, 0.15) is 13.8 Å². The standard InChI is InChI=1S/2C10H16N2O.C2H2O4S/c2*1-2-12(7-8-13)10-5-3-9(11)4-6-10;3-1(4)7-2(5)6/h2*3-6,13H,2,7-8,11H2,1H3;(H,3,4)(H,5,6). The lowest BCUT2D eigenvalue weighted by atomic mass is 10.2. The molecule has 0 saturated heterocycles. The molecule has 0 radical (unpaired) electrons. The van der Waals surface area contributed by atoms with Crippen molar-refractivity contribution in [3.8, 4) is 0 Å². The molecule has 0 aromatic heterocycles. The number of hydrogen-bond acceptors (Lipinski definition) is 9. The molecule has 0 saturated carbocycles. The molecule has 0 fully saturated rings. The summed E-state index contributed by atoms with van der Waals surface area (Å²) in [6, 6.07) is 15.3. The average molecular weight is 483 g/mol. The number of likely N-dealkylation sites (N-methyl/N-ethyl adjacent to an activating group) is 2. The highest BCUT2D eigenvalue weighted by atomic mass is 32.2. The maximum absolute atomic E-state index is 9.39. The Morgan fingerprint density at radius 2 is 1.03 bits per heavy atom. The summed E-state index contributed by atoms with van der Waals surface area (Å²) in [5, 5.41) is 30.2. The highest BCUT2D eigenvalue weighted by molar-refractivity contribution is 8.25. The Labute approximate surface area is 198 Å². The molecule has 2 aromatic carbocycles. The quantitative estimate of drug-likeness (QED) is 0.305. The normalized spacial score (nSPS) is 9.58. The summed E-state index contributed by atoms with van der Waals surface area (Å²) in [4.78, 5) is 23.0. The first kappa shape index (κ1) is 29.9. The number of nitrogens with zero attached hydrogens (tertiary/aromatic N) is 2. The van der Waals surface area contributed by atoms with Crippen molar-refractivity contribution in [2.45, 2.75) is 13.8 Å². The van der Waals surface area contributed by atoms with E-state index in [1.165, 1.54) is 0 Å². The van der Waals surface area contributed by atoms with Gasteiger partial charge in [-0.05, 0) is 62.4 Å². The minimum atomic E-state index is -1.40. The smallest absolute Gasteiger partial charge is 0.376 e. The van der Waals surface area contributed by atoms with Gasteiger partial charge >= 0.3 is 10.6 Å². The molecule has 0 atom stereocenters. The molecule has 0 aliphatic rings. The molecule has 2 rings (SSSR count). The van der Waals surface area contributed by atoms with Gasteiger partial charge in [-0.15, -0.1) is 0 Å². The van der Waals surface area contributed by atoms with Gasteiger partial charge in [0.05, 0.1) is 25.0 Å². The monoisotopic (exact) mass is 482 g/mol. The van der Waals surface area contributed by atoms with Crippen LogP contribution < -0.4 is 21.3 Å². The first-order valence-electron chi connectivity index (χ1n) is 10.2. The molecule has 33 heavy (non-hydrogen) atoms. The topological polar surface area (TPSA) is 174 Å². The van der Waals surface area contributed by atoms with Gasteiger partial charge < -0.3 is 41.7 Å². The number of hydrogen-bond donors (Lipinski definition) is 6. The van der Waals surface area contributed by atoms with E-state index in [2.05, 4.69) is 23.6 Å². The summed E-state index contributed by atoms with van der Waals surface area (Å²) in [6.45, 7) is 7.60. The van der Waals surface area contributed by atoms with Gasteiger partial charge in [0.15, 0.2) is 0 Å². The zero-order valence-electron chi connectivity index (χ0n) is 18.9. The molecule has 8 N–H and O–H groups in total. The van der Waals surface area contributed by atoms with Crippen LogP contribution in [0.2, 0.25) is 0 Å². The van der Waals surface area contributed by atoms with Crippen molar-refractivity contribution in [1.82, 2.24) is 0 Å². The van der Waals surface area contributed by atoms with Crippen LogP contribution in [0.3, 0.4) is 0 Å². The fraction of sp³-hybridized carbons (Fsp3) is 0.364. The summed E-state index contributed by atoms with van der Waals surface area (Å²) >= 11 is -0.157. The van der Waals surface area contributed by atoms with Crippen LogP contribution in [0.25, 0.3) is 0 Å². The van der Waals surface area contributed by atoms with Crippen molar-refractivity contribution < 1.29 is 30.0 Å². The minimum absolute atomic E-state index is 0.157. The summed E-state index contributed by atoms with van der Waals surface area (Å²) < 4.78 is 0.